The van der Waals surface area contributed by atoms with Gasteiger partial charge in [-0.25, -0.2) is 0 Å². The molecular formula is C11H24BN3O5. The van der Waals surface area contributed by atoms with Gasteiger partial charge in [0.05, 0.1) is 6.04 Å². The summed E-state index contributed by atoms with van der Waals surface area (Å²) in [6.45, 7) is 1.87. The second-order valence-electron chi connectivity index (χ2n) is 4.80. The van der Waals surface area contributed by atoms with Gasteiger partial charge in [-0.1, -0.05) is 13.3 Å². The maximum Gasteiger partial charge on any atom is 0.451 e. The van der Waals surface area contributed by atoms with E-state index in [0.717, 1.165) is 0 Å². The zero-order valence-corrected chi connectivity index (χ0v) is 11.7. The van der Waals surface area contributed by atoms with Crippen molar-refractivity contribution in [2.24, 2.45) is 17.4 Å². The molecule has 0 aliphatic carbocycles. The first-order chi connectivity index (χ1) is 9.29. The molecule has 116 valence electrons. The van der Waals surface area contributed by atoms with Gasteiger partial charge in [0.1, 0.15) is 6.04 Å². The molecule has 0 heterocycles. The van der Waals surface area contributed by atoms with E-state index < -0.39 is 31.1 Å². The van der Waals surface area contributed by atoms with Crippen LogP contribution in [0.4, 0.5) is 0 Å². The molecule has 0 unspecified atom stereocenters. The standard InChI is InChI=1S/C11H24BN3O5/c1-2-8(13)10(16)15-6-7(9(14)11(17)18)4-3-5-12(19)20/h7-9,19-20H,2-6,13-14H2,1H3,(H,15,16)(H,17,18)/t7-,8+,9+/m1/s1. The number of carboxylic acid groups (broad SMARTS) is 1. The summed E-state index contributed by atoms with van der Waals surface area (Å²) in [5.74, 6) is -2.00. The Bertz CT molecular complexity index is 316. The molecule has 0 aromatic carbocycles. The van der Waals surface area contributed by atoms with Crippen LogP contribution in [0.15, 0.2) is 0 Å². The molecule has 0 fully saturated rings. The SMILES string of the molecule is CC[C@H](N)C(=O)NC[C@@H](CCCB(O)O)[C@H](N)C(=O)O. The third-order valence-corrected chi connectivity index (χ3v) is 3.15. The fourth-order valence-corrected chi connectivity index (χ4v) is 1.72. The van der Waals surface area contributed by atoms with Crippen LogP contribution in [0.3, 0.4) is 0 Å². The Morgan fingerprint density at radius 2 is 1.90 bits per heavy atom. The Balaban J connectivity index is 4.38. The lowest BCUT2D eigenvalue weighted by atomic mass is 9.81. The van der Waals surface area contributed by atoms with E-state index in [1.165, 1.54) is 0 Å². The van der Waals surface area contributed by atoms with Crippen molar-refractivity contribution in [1.82, 2.24) is 5.32 Å². The molecule has 1 amide bonds. The molecule has 8 N–H and O–H groups in total. The van der Waals surface area contributed by atoms with Crippen molar-refractivity contribution < 1.29 is 24.7 Å². The van der Waals surface area contributed by atoms with Crippen molar-refractivity contribution in [1.29, 1.82) is 0 Å². The van der Waals surface area contributed by atoms with E-state index in [9.17, 15) is 9.59 Å². The summed E-state index contributed by atoms with van der Waals surface area (Å²) in [4.78, 5) is 22.5. The first-order valence-corrected chi connectivity index (χ1v) is 6.67. The highest BCUT2D eigenvalue weighted by molar-refractivity contribution is 6.40. The van der Waals surface area contributed by atoms with Crippen LogP contribution in [0.5, 0.6) is 0 Å². The molecule has 20 heavy (non-hydrogen) atoms. The number of aliphatic carboxylic acids is 1. The zero-order valence-electron chi connectivity index (χ0n) is 11.7. The van der Waals surface area contributed by atoms with Crippen LogP contribution in [0, 0.1) is 5.92 Å². The van der Waals surface area contributed by atoms with E-state index in [4.69, 9.17) is 26.6 Å². The van der Waals surface area contributed by atoms with Crippen LogP contribution < -0.4 is 16.8 Å². The largest absolute Gasteiger partial charge is 0.480 e. The number of nitrogens with two attached hydrogens (primary N) is 2. The maximum absolute atomic E-state index is 11.5. The molecule has 0 aliphatic rings. The lowest BCUT2D eigenvalue weighted by Crippen LogP contribution is -2.47. The summed E-state index contributed by atoms with van der Waals surface area (Å²) >= 11 is 0. The number of amides is 1. The quantitative estimate of drug-likeness (QED) is 0.257. The molecule has 0 radical (unpaired) electrons. The van der Waals surface area contributed by atoms with Gasteiger partial charge >= 0.3 is 13.1 Å². The van der Waals surface area contributed by atoms with Crippen molar-refractivity contribution in [3.63, 3.8) is 0 Å². The number of carboxylic acids is 1. The number of rotatable bonds is 10. The average Bonchev–Trinajstić information content (AvgIpc) is 2.39. The summed E-state index contributed by atoms with van der Waals surface area (Å²) in [5, 5.41) is 29.0. The molecule has 0 saturated heterocycles. The third kappa shape index (κ3) is 7.44. The van der Waals surface area contributed by atoms with E-state index in [0.29, 0.717) is 19.3 Å². The van der Waals surface area contributed by atoms with Crippen LogP contribution >= 0.6 is 0 Å². The minimum atomic E-state index is -1.43. The highest BCUT2D eigenvalue weighted by Gasteiger charge is 2.25. The summed E-state index contributed by atoms with van der Waals surface area (Å²) < 4.78 is 0. The fourth-order valence-electron chi connectivity index (χ4n) is 1.72. The average molecular weight is 289 g/mol. The smallest absolute Gasteiger partial charge is 0.451 e. The van der Waals surface area contributed by atoms with Gasteiger partial charge in [0.2, 0.25) is 5.91 Å². The second-order valence-corrected chi connectivity index (χ2v) is 4.80. The molecule has 0 aromatic heterocycles. The zero-order chi connectivity index (χ0) is 15.7. The Labute approximate surface area is 118 Å². The Morgan fingerprint density at radius 1 is 1.30 bits per heavy atom. The molecule has 8 nitrogen and oxygen atoms in total. The summed E-state index contributed by atoms with van der Waals surface area (Å²) in [6.07, 6.45) is 1.38. The highest BCUT2D eigenvalue weighted by atomic mass is 16.4. The molecule has 0 spiro atoms. The van der Waals surface area contributed by atoms with Crippen molar-refractivity contribution in [3.8, 4) is 0 Å². The van der Waals surface area contributed by atoms with Crippen molar-refractivity contribution in [3.05, 3.63) is 0 Å². The van der Waals surface area contributed by atoms with Gasteiger partial charge in [0, 0.05) is 12.5 Å². The number of nitrogens with one attached hydrogen (secondary N) is 1. The van der Waals surface area contributed by atoms with E-state index >= 15 is 0 Å². The van der Waals surface area contributed by atoms with E-state index in [-0.39, 0.29) is 18.8 Å². The van der Waals surface area contributed by atoms with Gasteiger partial charge < -0.3 is 31.9 Å². The van der Waals surface area contributed by atoms with Crippen LogP contribution in [-0.4, -0.2) is 52.8 Å². The summed E-state index contributed by atoms with van der Waals surface area (Å²) in [7, 11) is -1.43. The molecule has 0 bridgehead atoms. The van der Waals surface area contributed by atoms with Gasteiger partial charge in [-0.2, -0.15) is 0 Å². The normalized spacial score (nSPS) is 15.2. The van der Waals surface area contributed by atoms with Crippen LogP contribution in [-0.2, 0) is 9.59 Å². The van der Waals surface area contributed by atoms with Crippen LogP contribution in [0.1, 0.15) is 26.2 Å². The van der Waals surface area contributed by atoms with Gasteiger partial charge in [0.15, 0.2) is 0 Å². The molecule has 3 atom stereocenters. The maximum atomic E-state index is 11.5. The Morgan fingerprint density at radius 3 is 2.35 bits per heavy atom. The first kappa shape index (κ1) is 18.8. The summed E-state index contributed by atoms with van der Waals surface area (Å²) in [5.41, 5.74) is 11.1. The van der Waals surface area contributed by atoms with E-state index in [1.54, 1.807) is 6.92 Å². The van der Waals surface area contributed by atoms with Crippen LogP contribution in [0.2, 0.25) is 6.32 Å². The highest BCUT2D eigenvalue weighted by Crippen LogP contribution is 2.12. The van der Waals surface area contributed by atoms with Crippen molar-refractivity contribution >= 4 is 19.0 Å². The van der Waals surface area contributed by atoms with E-state index in [1.807, 2.05) is 0 Å². The topological polar surface area (TPSA) is 159 Å². The second kappa shape index (κ2) is 9.70. The van der Waals surface area contributed by atoms with Gasteiger partial charge in [-0.05, 0) is 19.2 Å². The van der Waals surface area contributed by atoms with Crippen molar-refractivity contribution in [2.75, 3.05) is 6.54 Å². The predicted octanol–water partition coefficient (Wildman–Crippen LogP) is -1.88. The number of carbonyl (C=O) groups is 2. The first-order valence-electron chi connectivity index (χ1n) is 6.67. The summed E-state index contributed by atoms with van der Waals surface area (Å²) in [6, 6.07) is -1.75. The third-order valence-electron chi connectivity index (χ3n) is 3.15. The van der Waals surface area contributed by atoms with Crippen molar-refractivity contribution in [2.45, 2.75) is 44.6 Å². The van der Waals surface area contributed by atoms with Gasteiger partial charge in [-0.3, -0.25) is 9.59 Å². The monoisotopic (exact) mass is 289 g/mol. The minimum absolute atomic E-state index is 0.0987. The molecule has 0 saturated carbocycles. The molecular weight excluding hydrogens is 265 g/mol. The molecule has 0 aromatic rings. The number of hydrogen-bond acceptors (Lipinski definition) is 6. The lowest BCUT2D eigenvalue weighted by molar-refractivity contribution is -0.140. The minimum Gasteiger partial charge on any atom is -0.480 e. The van der Waals surface area contributed by atoms with Gasteiger partial charge in [0.25, 0.3) is 0 Å². The van der Waals surface area contributed by atoms with E-state index in [2.05, 4.69) is 5.32 Å². The number of carbonyl (C=O) groups excluding carboxylic acids is 1. The molecule has 0 aliphatic heterocycles. The Hall–Kier alpha value is -1.16. The molecule has 0 rings (SSSR count). The number of hydrogen-bond donors (Lipinski definition) is 6. The Kier molecular flexibility index (Phi) is 9.14. The molecule has 9 heteroatoms. The lowest BCUT2D eigenvalue weighted by Gasteiger charge is -2.22. The fraction of sp³-hybridized carbons (Fsp3) is 0.818. The predicted molar refractivity (Wildman–Crippen MR) is 74.6 cm³/mol. The van der Waals surface area contributed by atoms with Crippen LogP contribution in [0.25, 0.3) is 0 Å². The van der Waals surface area contributed by atoms with Gasteiger partial charge in [-0.15, -0.1) is 0 Å².